The van der Waals surface area contributed by atoms with E-state index >= 15 is 0 Å². The molecule has 7 nitrogen and oxygen atoms in total. The Morgan fingerprint density at radius 2 is 1.91 bits per heavy atom. The number of hydrogen-bond donors (Lipinski definition) is 2. The quantitative estimate of drug-likeness (QED) is 0.656. The highest BCUT2D eigenvalue weighted by Crippen LogP contribution is 2.32. The van der Waals surface area contributed by atoms with E-state index in [-0.39, 0.29) is 11.6 Å². The number of carbonyl (C=O) groups is 2. The molecule has 1 fully saturated rings. The van der Waals surface area contributed by atoms with Crippen LogP contribution in [0.4, 0.5) is 11.4 Å². The summed E-state index contributed by atoms with van der Waals surface area (Å²) in [5.74, 6) is -2.62. The first-order chi connectivity index (χ1) is 10.4. The van der Waals surface area contributed by atoms with Gasteiger partial charge in [0.05, 0.1) is 22.4 Å². The van der Waals surface area contributed by atoms with Gasteiger partial charge in [0.1, 0.15) is 0 Å². The van der Waals surface area contributed by atoms with Gasteiger partial charge in [-0.2, -0.15) is 0 Å². The standard InChI is InChI=1S/C15H18N2O5/c1-9-6-7-10(17(21)22)8-13(9)16-14(18)11-4-2-3-5-12(11)15(19)20/h6-8,11-12H,2-5H2,1H3,(H,16,18)(H,19,20)/t11-,12-/m1/s1. The van der Waals surface area contributed by atoms with Gasteiger partial charge >= 0.3 is 5.97 Å². The number of anilines is 1. The first-order valence-electron chi connectivity index (χ1n) is 7.19. The lowest BCUT2D eigenvalue weighted by Gasteiger charge is -2.27. The fourth-order valence-corrected chi connectivity index (χ4v) is 2.82. The van der Waals surface area contributed by atoms with Crippen molar-refractivity contribution < 1.29 is 19.6 Å². The monoisotopic (exact) mass is 306 g/mol. The number of carboxylic acid groups (broad SMARTS) is 1. The van der Waals surface area contributed by atoms with Crippen LogP contribution in [0.2, 0.25) is 0 Å². The highest BCUT2D eigenvalue weighted by molar-refractivity contribution is 5.96. The molecule has 0 aliphatic heterocycles. The van der Waals surface area contributed by atoms with Crippen molar-refractivity contribution in [3.05, 3.63) is 33.9 Å². The minimum Gasteiger partial charge on any atom is -0.481 e. The molecule has 7 heteroatoms. The highest BCUT2D eigenvalue weighted by Gasteiger charge is 2.35. The van der Waals surface area contributed by atoms with Crippen LogP contribution in [0.5, 0.6) is 0 Å². The Morgan fingerprint density at radius 1 is 1.27 bits per heavy atom. The van der Waals surface area contributed by atoms with E-state index < -0.39 is 22.7 Å². The number of nitro benzene ring substituents is 1. The maximum Gasteiger partial charge on any atom is 0.307 e. The van der Waals surface area contributed by atoms with E-state index in [2.05, 4.69) is 5.32 Å². The summed E-state index contributed by atoms with van der Waals surface area (Å²) in [5.41, 5.74) is 0.940. The second kappa shape index (κ2) is 6.55. The third-order valence-corrected chi connectivity index (χ3v) is 4.11. The fourth-order valence-electron chi connectivity index (χ4n) is 2.82. The summed E-state index contributed by atoms with van der Waals surface area (Å²) in [6.07, 6.45) is 2.63. The lowest BCUT2D eigenvalue weighted by molar-refractivity contribution is -0.384. The van der Waals surface area contributed by atoms with Gasteiger partial charge in [-0.3, -0.25) is 19.7 Å². The molecule has 0 aromatic heterocycles. The van der Waals surface area contributed by atoms with Gasteiger partial charge in [-0.25, -0.2) is 0 Å². The molecule has 1 aliphatic rings. The van der Waals surface area contributed by atoms with E-state index in [0.29, 0.717) is 24.1 Å². The minimum absolute atomic E-state index is 0.112. The number of rotatable bonds is 4. The zero-order chi connectivity index (χ0) is 16.3. The number of benzene rings is 1. The van der Waals surface area contributed by atoms with Gasteiger partial charge in [-0.1, -0.05) is 18.9 Å². The van der Waals surface area contributed by atoms with Gasteiger partial charge in [0.15, 0.2) is 0 Å². The Morgan fingerprint density at radius 3 is 2.50 bits per heavy atom. The van der Waals surface area contributed by atoms with E-state index in [9.17, 15) is 24.8 Å². The van der Waals surface area contributed by atoms with E-state index in [1.807, 2.05) is 0 Å². The number of non-ortho nitro benzene ring substituents is 1. The first-order valence-corrected chi connectivity index (χ1v) is 7.19. The predicted molar refractivity (Wildman–Crippen MR) is 79.5 cm³/mol. The summed E-state index contributed by atoms with van der Waals surface area (Å²) < 4.78 is 0. The molecule has 0 unspecified atom stereocenters. The lowest BCUT2D eigenvalue weighted by atomic mass is 9.78. The number of amides is 1. The second-order valence-electron chi connectivity index (χ2n) is 5.58. The van der Waals surface area contributed by atoms with Gasteiger partial charge in [0.2, 0.25) is 5.91 Å². The fraction of sp³-hybridized carbons (Fsp3) is 0.467. The van der Waals surface area contributed by atoms with Crippen molar-refractivity contribution in [3.8, 4) is 0 Å². The Labute approximate surface area is 127 Å². The van der Waals surface area contributed by atoms with Crippen LogP contribution in [0.25, 0.3) is 0 Å². The zero-order valence-corrected chi connectivity index (χ0v) is 12.2. The average molecular weight is 306 g/mol. The summed E-state index contributed by atoms with van der Waals surface area (Å²) in [6, 6.07) is 4.22. The largest absolute Gasteiger partial charge is 0.481 e. The topological polar surface area (TPSA) is 110 Å². The van der Waals surface area contributed by atoms with Crippen LogP contribution >= 0.6 is 0 Å². The van der Waals surface area contributed by atoms with Crippen LogP contribution in [0.15, 0.2) is 18.2 Å². The van der Waals surface area contributed by atoms with Crippen molar-refractivity contribution in [3.63, 3.8) is 0 Å². The summed E-state index contributed by atoms with van der Waals surface area (Å²) >= 11 is 0. The molecule has 22 heavy (non-hydrogen) atoms. The molecule has 0 heterocycles. The Bertz CT molecular complexity index is 614. The van der Waals surface area contributed by atoms with Crippen molar-refractivity contribution in [1.82, 2.24) is 0 Å². The van der Waals surface area contributed by atoms with Gasteiger partial charge in [0.25, 0.3) is 5.69 Å². The van der Waals surface area contributed by atoms with Crippen molar-refractivity contribution in [2.24, 2.45) is 11.8 Å². The van der Waals surface area contributed by atoms with Crippen LogP contribution in [-0.2, 0) is 9.59 Å². The smallest absolute Gasteiger partial charge is 0.307 e. The third-order valence-electron chi connectivity index (χ3n) is 4.11. The number of aryl methyl sites for hydroxylation is 1. The van der Waals surface area contributed by atoms with Crippen molar-refractivity contribution in [2.45, 2.75) is 32.6 Å². The zero-order valence-electron chi connectivity index (χ0n) is 12.2. The summed E-state index contributed by atoms with van der Waals surface area (Å²) in [4.78, 5) is 33.9. The predicted octanol–water partition coefficient (Wildman–Crippen LogP) is 2.73. The third kappa shape index (κ3) is 3.41. The summed E-state index contributed by atoms with van der Waals surface area (Å²) in [7, 11) is 0. The molecule has 1 aromatic carbocycles. The van der Waals surface area contributed by atoms with Gasteiger partial charge < -0.3 is 10.4 Å². The Hall–Kier alpha value is -2.44. The van der Waals surface area contributed by atoms with Gasteiger partial charge in [-0.05, 0) is 25.3 Å². The summed E-state index contributed by atoms with van der Waals surface area (Å²) in [5, 5.41) is 22.7. The first kappa shape index (κ1) is 15.9. The average Bonchev–Trinajstić information content (AvgIpc) is 2.49. The number of aliphatic carboxylic acids is 1. The second-order valence-corrected chi connectivity index (χ2v) is 5.58. The molecule has 1 aromatic rings. The van der Waals surface area contributed by atoms with Crippen LogP contribution < -0.4 is 5.32 Å². The van der Waals surface area contributed by atoms with E-state index in [4.69, 9.17) is 0 Å². The minimum atomic E-state index is -0.962. The molecule has 1 aliphatic carbocycles. The molecular formula is C15H18N2O5. The molecule has 0 saturated heterocycles. The summed E-state index contributed by atoms with van der Waals surface area (Å²) in [6.45, 7) is 1.73. The molecule has 2 atom stereocenters. The maximum atomic E-state index is 12.4. The molecule has 2 rings (SSSR count). The molecular weight excluding hydrogens is 288 g/mol. The van der Waals surface area contributed by atoms with Crippen LogP contribution in [-0.4, -0.2) is 21.9 Å². The van der Waals surface area contributed by atoms with Crippen molar-refractivity contribution in [2.75, 3.05) is 5.32 Å². The molecule has 1 saturated carbocycles. The number of nitrogens with zero attached hydrogens (tertiary/aromatic N) is 1. The van der Waals surface area contributed by atoms with Gasteiger partial charge in [-0.15, -0.1) is 0 Å². The maximum absolute atomic E-state index is 12.4. The molecule has 0 bridgehead atoms. The van der Waals surface area contributed by atoms with Gasteiger partial charge in [0, 0.05) is 12.1 Å². The van der Waals surface area contributed by atoms with Crippen LogP contribution in [0.1, 0.15) is 31.2 Å². The number of carboxylic acids is 1. The number of nitro groups is 1. The normalized spacial score (nSPS) is 21.1. The Balaban J connectivity index is 2.19. The molecule has 118 valence electrons. The van der Waals surface area contributed by atoms with E-state index in [0.717, 1.165) is 12.8 Å². The SMILES string of the molecule is Cc1ccc([N+](=O)[O-])cc1NC(=O)[C@@H]1CCCC[C@H]1C(=O)O. The molecule has 0 spiro atoms. The van der Waals surface area contributed by atoms with Crippen LogP contribution in [0.3, 0.4) is 0 Å². The van der Waals surface area contributed by atoms with Crippen molar-refractivity contribution in [1.29, 1.82) is 0 Å². The van der Waals surface area contributed by atoms with Crippen LogP contribution in [0, 0.1) is 28.9 Å². The van der Waals surface area contributed by atoms with Crippen molar-refractivity contribution >= 4 is 23.3 Å². The highest BCUT2D eigenvalue weighted by atomic mass is 16.6. The molecule has 0 radical (unpaired) electrons. The number of carbonyl (C=O) groups excluding carboxylic acids is 1. The van der Waals surface area contributed by atoms with E-state index in [1.165, 1.54) is 12.1 Å². The van der Waals surface area contributed by atoms with E-state index in [1.54, 1.807) is 13.0 Å². The molecule has 2 N–H and O–H groups in total. The lowest BCUT2D eigenvalue weighted by Crippen LogP contribution is -2.36. The number of nitrogens with one attached hydrogen (secondary N) is 1. The Kier molecular flexibility index (Phi) is 4.75. The molecule has 1 amide bonds. The number of hydrogen-bond acceptors (Lipinski definition) is 4.